The molecule has 2 aliphatic rings. The molecule has 0 N–H and O–H groups in total. The Bertz CT molecular complexity index is 1280. The smallest absolute Gasteiger partial charge is 0.242 e. The number of rotatable bonds is 9. The van der Waals surface area contributed by atoms with Gasteiger partial charge in [0.2, 0.25) is 11.8 Å². The molecule has 0 unspecified atom stereocenters. The van der Waals surface area contributed by atoms with Crippen LogP contribution in [0.2, 0.25) is 0 Å². The predicted octanol–water partition coefficient (Wildman–Crippen LogP) is 4.47. The number of likely N-dealkylation sites (N-methyl/N-ethyl adjacent to an activating group) is 1. The fourth-order valence-electron chi connectivity index (χ4n) is 5.54. The van der Waals surface area contributed by atoms with E-state index in [0.717, 1.165) is 46.9 Å². The summed E-state index contributed by atoms with van der Waals surface area (Å²) in [5.74, 6) is 0.797. The van der Waals surface area contributed by atoms with Crippen LogP contribution in [0, 0.1) is 19.3 Å². The number of aryl methyl sites for hydroxylation is 2. The lowest BCUT2D eigenvalue weighted by Gasteiger charge is -2.35. The molecule has 0 bridgehead atoms. The van der Waals surface area contributed by atoms with Crippen molar-refractivity contribution in [2.75, 3.05) is 24.6 Å². The summed E-state index contributed by atoms with van der Waals surface area (Å²) in [6.07, 6.45) is 0.743. The summed E-state index contributed by atoms with van der Waals surface area (Å²) in [5, 5.41) is 4.60. The Morgan fingerprint density at radius 3 is 2.53 bits per heavy atom. The maximum absolute atomic E-state index is 13.9. The third kappa shape index (κ3) is 4.06. The van der Waals surface area contributed by atoms with Gasteiger partial charge in [-0.25, -0.2) is 0 Å². The van der Waals surface area contributed by atoms with E-state index in [1.54, 1.807) is 4.90 Å². The highest BCUT2D eigenvalue weighted by atomic mass is 16.5. The Balaban J connectivity index is 1.37. The largest absolute Gasteiger partial charge is 0.492 e. The van der Waals surface area contributed by atoms with E-state index >= 15 is 0 Å². The number of anilines is 1. The summed E-state index contributed by atoms with van der Waals surface area (Å²) in [6, 6.07) is 17.6. The first-order valence-electron chi connectivity index (χ1n) is 12.8. The van der Waals surface area contributed by atoms with Gasteiger partial charge in [0, 0.05) is 42.5 Å². The van der Waals surface area contributed by atoms with Crippen LogP contribution in [0.4, 0.5) is 5.69 Å². The zero-order valence-corrected chi connectivity index (χ0v) is 21.5. The minimum absolute atomic E-state index is 0.0160. The third-order valence-electron chi connectivity index (χ3n) is 7.80. The summed E-state index contributed by atoms with van der Waals surface area (Å²) in [6.45, 7) is 10.2. The minimum Gasteiger partial charge on any atom is -0.492 e. The molecule has 7 heteroatoms. The number of nitrogens with zero attached hydrogens (tertiary/aromatic N) is 4. The van der Waals surface area contributed by atoms with Gasteiger partial charge in [0.25, 0.3) is 0 Å². The van der Waals surface area contributed by atoms with E-state index in [1.807, 2.05) is 78.9 Å². The number of para-hydroxylation sites is 2. The van der Waals surface area contributed by atoms with Gasteiger partial charge in [0.05, 0.1) is 11.1 Å². The van der Waals surface area contributed by atoms with Crippen LogP contribution in [-0.2, 0) is 22.7 Å². The number of carbonyl (C=O) groups is 2. The van der Waals surface area contributed by atoms with Crippen LogP contribution in [0.1, 0.15) is 48.7 Å². The molecule has 1 aromatic heterocycles. The molecule has 2 amide bonds. The molecule has 0 spiro atoms. The lowest BCUT2D eigenvalue weighted by atomic mass is 9.92. The van der Waals surface area contributed by atoms with Crippen molar-refractivity contribution in [3.05, 3.63) is 77.1 Å². The average molecular weight is 487 g/mol. The number of aromatic nitrogens is 2. The van der Waals surface area contributed by atoms with Crippen LogP contribution in [0.15, 0.2) is 54.6 Å². The van der Waals surface area contributed by atoms with E-state index in [-0.39, 0.29) is 24.3 Å². The summed E-state index contributed by atoms with van der Waals surface area (Å²) < 4.78 is 8.03. The first-order valence-corrected chi connectivity index (χ1v) is 12.8. The maximum Gasteiger partial charge on any atom is 0.242 e. The molecule has 3 aromatic rings. The molecule has 2 atom stereocenters. The Morgan fingerprint density at radius 2 is 1.83 bits per heavy atom. The number of amides is 2. The number of benzene rings is 2. The van der Waals surface area contributed by atoms with E-state index in [1.165, 1.54) is 0 Å². The highest BCUT2D eigenvalue weighted by Crippen LogP contribution is 2.65. The second-order valence-corrected chi connectivity index (χ2v) is 9.84. The van der Waals surface area contributed by atoms with Crippen LogP contribution in [0.3, 0.4) is 0 Å². The molecule has 7 nitrogen and oxygen atoms in total. The van der Waals surface area contributed by atoms with Gasteiger partial charge >= 0.3 is 0 Å². The molecule has 1 saturated carbocycles. The van der Waals surface area contributed by atoms with Gasteiger partial charge < -0.3 is 14.5 Å². The number of hydrogen-bond donors (Lipinski definition) is 0. The van der Waals surface area contributed by atoms with Crippen molar-refractivity contribution >= 4 is 17.5 Å². The molecular weight excluding hydrogens is 452 g/mol. The van der Waals surface area contributed by atoms with Crippen LogP contribution in [0.25, 0.3) is 0 Å². The van der Waals surface area contributed by atoms with Crippen LogP contribution in [-0.4, -0.2) is 46.2 Å². The molecule has 36 heavy (non-hydrogen) atoms. The highest BCUT2D eigenvalue weighted by molar-refractivity contribution is 6.07. The highest BCUT2D eigenvalue weighted by Gasteiger charge is 2.66. The van der Waals surface area contributed by atoms with Crippen molar-refractivity contribution in [2.45, 2.75) is 53.1 Å². The molecule has 188 valence electrons. The van der Waals surface area contributed by atoms with Crippen molar-refractivity contribution in [3.8, 4) is 5.75 Å². The van der Waals surface area contributed by atoms with Gasteiger partial charge in [-0.15, -0.1) is 0 Å². The molecule has 1 fully saturated rings. The second-order valence-electron chi connectivity index (χ2n) is 9.84. The van der Waals surface area contributed by atoms with Gasteiger partial charge in [-0.1, -0.05) is 36.4 Å². The molecule has 5 rings (SSSR count). The Morgan fingerprint density at radius 1 is 1.11 bits per heavy atom. The maximum atomic E-state index is 13.9. The number of fused-ring (bicyclic) bond motifs is 3. The van der Waals surface area contributed by atoms with Crippen molar-refractivity contribution < 1.29 is 14.3 Å². The van der Waals surface area contributed by atoms with Gasteiger partial charge in [-0.2, -0.15) is 5.10 Å². The molecular formula is C29H34N4O3. The third-order valence-corrected chi connectivity index (χ3v) is 7.80. The van der Waals surface area contributed by atoms with Crippen LogP contribution >= 0.6 is 0 Å². The van der Waals surface area contributed by atoms with Crippen molar-refractivity contribution in [3.63, 3.8) is 0 Å². The van der Waals surface area contributed by atoms with Gasteiger partial charge in [-0.3, -0.25) is 14.3 Å². The van der Waals surface area contributed by atoms with Gasteiger partial charge in [0.1, 0.15) is 18.9 Å². The molecule has 0 radical (unpaired) electrons. The summed E-state index contributed by atoms with van der Waals surface area (Å²) in [4.78, 5) is 31.0. The summed E-state index contributed by atoms with van der Waals surface area (Å²) in [5.41, 5.74) is 4.46. The fraction of sp³-hybridized carbons (Fsp3) is 0.414. The van der Waals surface area contributed by atoms with Gasteiger partial charge in [0.15, 0.2) is 0 Å². The number of carbonyl (C=O) groups excluding carboxylic acids is 2. The van der Waals surface area contributed by atoms with Crippen LogP contribution < -0.4 is 9.64 Å². The second kappa shape index (κ2) is 9.45. The van der Waals surface area contributed by atoms with Crippen LogP contribution in [0.5, 0.6) is 5.75 Å². The average Bonchev–Trinajstić information content (AvgIpc) is 3.59. The van der Waals surface area contributed by atoms with E-state index < -0.39 is 5.41 Å². The summed E-state index contributed by atoms with van der Waals surface area (Å²) in [7, 11) is 0. The number of hydrogen-bond acceptors (Lipinski definition) is 4. The first kappa shape index (κ1) is 24.1. The van der Waals surface area contributed by atoms with Gasteiger partial charge in [-0.05, 0) is 57.9 Å². The molecule has 2 heterocycles. The standard InChI is InChI=1S/C29H34N4O3/c1-5-31(17-24-20(3)30-33(6-2)21(24)4)27(34)18-32-26-15-11-10-14-23(26)25-16-29(25,28(32)35)19-36-22-12-8-7-9-13-22/h7-15,25H,5-6,16-19H2,1-4H3/t25-,29+/m0/s1. The molecule has 2 aromatic carbocycles. The SMILES string of the molecule is CCN(Cc1c(C)nn(CC)c1C)C(=O)CN1C(=O)[C@@]2(COc3ccccc3)C[C@H]2c2ccccc21. The quantitative estimate of drug-likeness (QED) is 0.448. The molecule has 1 aliphatic heterocycles. The lowest BCUT2D eigenvalue weighted by molar-refractivity contribution is -0.133. The predicted molar refractivity (Wildman–Crippen MR) is 139 cm³/mol. The fourth-order valence-corrected chi connectivity index (χ4v) is 5.54. The summed E-state index contributed by atoms with van der Waals surface area (Å²) >= 11 is 0. The topological polar surface area (TPSA) is 67.7 Å². The van der Waals surface area contributed by atoms with Crippen molar-refractivity contribution in [2.24, 2.45) is 5.41 Å². The lowest BCUT2D eigenvalue weighted by Crippen LogP contribution is -2.49. The molecule has 0 saturated heterocycles. The van der Waals surface area contributed by atoms with E-state index in [9.17, 15) is 9.59 Å². The normalized spacial score (nSPS) is 20.1. The van der Waals surface area contributed by atoms with E-state index in [2.05, 4.69) is 18.1 Å². The Kier molecular flexibility index (Phi) is 6.33. The first-order chi connectivity index (χ1) is 17.4. The van der Waals surface area contributed by atoms with E-state index in [4.69, 9.17) is 4.74 Å². The minimum atomic E-state index is -0.614. The Hall–Kier alpha value is -3.61. The molecule has 1 aliphatic carbocycles. The zero-order valence-electron chi connectivity index (χ0n) is 21.5. The Labute approximate surface area is 212 Å². The van der Waals surface area contributed by atoms with E-state index in [0.29, 0.717) is 19.7 Å². The van der Waals surface area contributed by atoms with Crippen molar-refractivity contribution in [1.29, 1.82) is 0 Å². The number of ether oxygens (including phenoxy) is 1. The van der Waals surface area contributed by atoms with Crippen molar-refractivity contribution in [1.82, 2.24) is 14.7 Å². The zero-order chi connectivity index (χ0) is 25.4. The monoisotopic (exact) mass is 486 g/mol.